The lowest BCUT2D eigenvalue weighted by molar-refractivity contribution is 0.0497. The van der Waals surface area contributed by atoms with Crippen molar-refractivity contribution in [3.8, 4) is 0 Å². The van der Waals surface area contributed by atoms with Crippen molar-refractivity contribution in [1.29, 1.82) is 0 Å². The first-order chi connectivity index (χ1) is 8.60. The molecule has 1 aliphatic heterocycles. The van der Waals surface area contributed by atoms with E-state index in [1.807, 2.05) is 0 Å². The monoisotopic (exact) mass is 270 g/mol. The Balaban J connectivity index is 1.98. The molecule has 3 atom stereocenters. The van der Waals surface area contributed by atoms with E-state index in [2.05, 4.69) is 49.7 Å². The molecule has 3 heteroatoms. The van der Waals surface area contributed by atoms with Gasteiger partial charge in [-0.25, -0.2) is 0 Å². The molecule has 3 unspecified atom stereocenters. The first-order valence-corrected chi connectivity index (χ1v) is 8.84. The zero-order valence-corrected chi connectivity index (χ0v) is 13.4. The number of hydrogen-bond donors (Lipinski definition) is 1. The van der Waals surface area contributed by atoms with Crippen LogP contribution in [-0.4, -0.2) is 47.1 Å². The van der Waals surface area contributed by atoms with E-state index in [-0.39, 0.29) is 0 Å². The van der Waals surface area contributed by atoms with Crippen LogP contribution in [0.5, 0.6) is 0 Å². The van der Waals surface area contributed by atoms with Crippen molar-refractivity contribution in [1.82, 2.24) is 10.2 Å². The Morgan fingerprint density at radius 1 is 1.39 bits per heavy atom. The summed E-state index contributed by atoms with van der Waals surface area (Å²) in [7, 11) is 0. The highest BCUT2D eigenvalue weighted by atomic mass is 32.2. The lowest BCUT2D eigenvalue weighted by Crippen LogP contribution is -2.65. The van der Waals surface area contributed by atoms with Gasteiger partial charge in [0.2, 0.25) is 0 Å². The number of hydrogen-bond acceptors (Lipinski definition) is 3. The van der Waals surface area contributed by atoms with Crippen LogP contribution in [0.4, 0.5) is 0 Å². The molecular formula is C15H30N2S. The van der Waals surface area contributed by atoms with Crippen molar-refractivity contribution in [3.63, 3.8) is 0 Å². The molecule has 2 nitrogen and oxygen atoms in total. The summed E-state index contributed by atoms with van der Waals surface area (Å²) in [5.74, 6) is 3.46. The SMILES string of the molecule is CCSCC(C)N1CC(C)(C2CC2)NCC1CC. The largest absolute Gasteiger partial charge is 0.308 e. The standard InChI is InChI=1S/C15H30N2S/c1-5-14-9-16-15(4,13-7-8-13)11-17(14)12(3)10-18-6-2/h12-14,16H,5-11H2,1-4H3. The van der Waals surface area contributed by atoms with Gasteiger partial charge in [0.05, 0.1) is 0 Å². The molecule has 1 heterocycles. The van der Waals surface area contributed by atoms with Crippen molar-refractivity contribution in [2.24, 2.45) is 5.92 Å². The van der Waals surface area contributed by atoms with E-state index in [0.717, 1.165) is 18.0 Å². The molecule has 1 saturated heterocycles. The minimum Gasteiger partial charge on any atom is -0.308 e. The van der Waals surface area contributed by atoms with Gasteiger partial charge in [-0.15, -0.1) is 0 Å². The highest BCUT2D eigenvalue weighted by Gasteiger charge is 2.46. The third kappa shape index (κ3) is 3.23. The fraction of sp³-hybridized carbons (Fsp3) is 1.00. The zero-order valence-electron chi connectivity index (χ0n) is 12.5. The van der Waals surface area contributed by atoms with Gasteiger partial charge < -0.3 is 5.32 Å². The van der Waals surface area contributed by atoms with Crippen LogP contribution < -0.4 is 5.32 Å². The van der Waals surface area contributed by atoms with E-state index in [4.69, 9.17) is 0 Å². The maximum absolute atomic E-state index is 3.85. The second-order valence-electron chi connectivity index (χ2n) is 6.32. The summed E-state index contributed by atoms with van der Waals surface area (Å²) in [5, 5.41) is 3.85. The molecule has 0 radical (unpaired) electrons. The quantitative estimate of drug-likeness (QED) is 0.799. The fourth-order valence-corrected chi connectivity index (χ4v) is 4.07. The van der Waals surface area contributed by atoms with E-state index in [1.54, 1.807) is 0 Å². The van der Waals surface area contributed by atoms with Crippen LogP contribution in [0.25, 0.3) is 0 Å². The van der Waals surface area contributed by atoms with Crippen LogP contribution in [0, 0.1) is 5.92 Å². The van der Waals surface area contributed by atoms with Crippen LogP contribution in [0.15, 0.2) is 0 Å². The lowest BCUT2D eigenvalue weighted by Gasteiger charge is -2.49. The summed E-state index contributed by atoms with van der Waals surface area (Å²) in [6, 6.07) is 1.46. The summed E-state index contributed by atoms with van der Waals surface area (Å²) >= 11 is 2.08. The Morgan fingerprint density at radius 2 is 2.11 bits per heavy atom. The molecule has 1 aliphatic carbocycles. The molecule has 18 heavy (non-hydrogen) atoms. The molecule has 2 rings (SSSR count). The first kappa shape index (κ1) is 14.7. The molecule has 0 aromatic carbocycles. The summed E-state index contributed by atoms with van der Waals surface area (Å²) < 4.78 is 0. The average molecular weight is 270 g/mol. The predicted octanol–water partition coefficient (Wildman–Crippen LogP) is 2.98. The molecule has 1 N–H and O–H groups in total. The van der Waals surface area contributed by atoms with Crippen molar-refractivity contribution in [2.75, 3.05) is 24.6 Å². The maximum Gasteiger partial charge on any atom is 0.0309 e. The molecule has 106 valence electrons. The minimum absolute atomic E-state index is 0.386. The molecule has 0 aromatic heterocycles. The zero-order chi connectivity index (χ0) is 13.2. The van der Waals surface area contributed by atoms with E-state index in [1.165, 1.54) is 43.9 Å². The smallest absolute Gasteiger partial charge is 0.0309 e. The molecule has 0 bridgehead atoms. The Bertz CT molecular complexity index is 267. The summed E-state index contributed by atoms with van der Waals surface area (Å²) in [6.07, 6.45) is 4.15. The summed E-state index contributed by atoms with van der Waals surface area (Å²) in [5.41, 5.74) is 0.386. The third-order valence-corrected chi connectivity index (χ3v) is 5.93. The highest BCUT2D eigenvalue weighted by molar-refractivity contribution is 7.99. The first-order valence-electron chi connectivity index (χ1n) is 7.69. The van der Waals surface area contributed by atoms with Gasteiger partial charge in [-0.2, -0.15) is 11.8 Å². The lowest BCUT2D eigenvalue weighted by atomic mass is 9.89. The Labute approximate surface area is 117 Å². The van der Waals surface area contributed by atoms with Gasteiger partial charge in [-0.05, 0) is 44.8 Å². The van der Waals surface area contributed by atoms with E-state index >= 15 is 0 Å². The molecule has 2 aliphatic rings. The number of nitrogens with one attached hydrogen (secondary N) is 1. The van der Waals surface area contributed by atoms with Gasteiger partial charge in [0.15, 0.2) is 0 Å². The molecule has 0 aromatic rings. The van der Waals surface area contributed by atoms with Crippen LogP contribution in [0.1, 0.15) is 47.0 Å². The van der Waals surface area contributed by atoms with Crippen LogP contribution in [-0.2, 0) is 0 Å². The van der Waals surface area contributed by atoms with Crippen LogP contribution in [0.2, 0.25) is 0 Å². The molecule has 0 spiro atoms. The molecule has 1 saturated carbocycles. The predicted molar refractivity (Wildman–Crippen MR) is 82.4 cm³/mol. The third-order valence-electron chi connectivity index (χ3n) is 4.80. The second kappa shape index (κ2) is 6.15. The van der Waals surface area contributed by atoms with Gasteiger partial charge in [-0.1, -0.05) is 13.8 Å². The number of nitrogens with zero attached hydrogens (tertiary/aromatic N) is 1. The van der Waals surface area contributed by atoms with E-state index in [9.17, 15) is 0 Å². The van der Waals surface area contributed by atoms with Crippen molar-refractivity contribution < 1.29 is 0 Å². The number of thioether (sulfide) groups is 1. The normalized spacial score (nSPS) is 35.7. The second-order valence-corrected chi connectivity index (χ2v) is 7.63. The maximum atomic E-state index is 3.85. The van der Waals surface area contributed by atoms with Crippen LogP contribution >= 0.6 is 11.8 Å². The van der Waals surface area contributed by atoms with Crippen molar-refractivity contribution in [2.45, 2.75) is 64.6 Å². The molecule has 2 fully saturated rings. The summed E-state index contributed by atoms with van der Waals surface area (Å²) in [6.45, 7) is 11.9. The summed E-state index contributed by atoms with van der Waals surface area (Å²) in [4.78, 5) is 2.79. The topological polar surface area (TPSA) is 15.3 Å². The van der Waals surface area contributed by atoms with Gasteiger partial charge in [-0.3, -0.25) is 4.90 Å². The van der Waals surface area contributed by atoms with E-state index in [0.29, 0.717) is 5.54 Å². The average Bonchev–Trinajstić information content (AvgIpc) is 3.20. The number of rotatable bonds is 6. The van der Waals surface area contributed by atoms with Crippen molar-refractivity contribution >= 4 is 11.8 Å². The molecule has 0 amide bonds. The minimum atomic E-state index is 0.386. The van der Waals surface area contributed by atoms with Gasteiger partial charge >= 0.3 is 0 Å². The van der Waals surface area contributed by atoms with Crippen LogP contribution in [0.3, 0.4) is 0 Å². The Morgan fingerprint density at radius 3 is 2.67 bits per heavy atom. The van der Waals surface area contributed by atoms with Gasteiger partial charge in [0.1, 0.15) is 0 Å². The van der Waals surface area contributed by atoms with Crippen molar-refractivity contribution in [3.05, 3.63) is 0 Å². The van der Waals surface area contributed by atoms with Gasteiger partial charge in [0.25, 0.3) is 0 Å². The Kier molecular flexibility index (Phi) is 5.01. The fourth-order valence-electron chi connectivity index (χ4n) is 3.31. The van der Waals surface area contributed by atoms with E-state index < -0.39 is 0 Å². The molecular weight excluding hydrogens is 240 g/mol. The Hall–Kier alpha value is 0.270. The highest BCUT2D eigenvalue weighted by Crippen LogP contribution is 2.41. The van der Waals surface area contributed by atoms with Gasteiger partial charge in [0, 0.05) is 36.5 Å². The number of piperazine rings is 1.